The van der Waals surface area contributed by atoms with Gasteiger partial charge in [-0.25, -0.2) is 0 Å². The van der Waals surface area contributed by atoms with E-state index in [9.17, 15) is 0 Å². The average molecular weight is 631 g/mol. The van der Waals surface area contributed by atoms with E-state index >= 15 is 0 Å². The second-order valence-corrected chi connectivity index (χ2v) is 17.9. The molecule has 0 radical (unpaired) electrons. The van der Waals surface area contributed by atoms with Crippen molar-refractivity contribution < 1.29 is 0 Å². The van der Waals surface area contributed by atoms with Crippen LogP contribution in [0.25, 0.3) is 0 Å². The number of nitrogens with zero attached hydrogens (tertiary/aromatic N) is 6. The molecule has 6 rings (SSSR count). The molecule has 0 N–H and O–H groups in total. The molecule has 3 unspecified atom stereocenters. The van der Waals surface area contributed by atoms with E-state index in [1.165, 1.54) is 143 Å². The van der Waals surface area contributed by atoms with Crippen molar-refractivity contribution in [2.75, 3.05) is 92.1 Å². The summed E-state index contributed by atoms with van der Waals surface area (Å²) in [6.45, 7) is 38.2. The molecule has 3 spiro atoms. The highest BCUT2D eigenvalue weighted by atomic mass is 15.2. The van der Waals surface area contributed by atoms with Crippen LogP contribution in [0.15, 0.2) is 0 Å². The highest BCUT2D eigenvalue weighted by molar-refractivity contribution is 4.97. The van der Waals surface area contributed by atoms with E-state index in [0.717, 1.165) is 24.2 Å². The van der Waals surface area contributed by atoms with Crippen molar-refractivity contribution >= 4 is 0 Å². The molecule has 0 aliphatic carbocycles. The van der Waals surface area contributed by atoms with Gasteiger partial charge in [0.05, 0.1) is 0 Å². The van der Waals surface area contributed by atoms with Crippen molar-refractivity contribution in [3.8, 4) is 0 Å². The minimum atomic E-state index is 0.632. The molecule has 6 nitrogen and oxygen atoms in total. The van der Waals surface area contributed by atoms with Crippen LogP contribution in [0, 0.1) is 16.2 Å². The lowest BCUT2D eigenvalue weighted by Gasteiger charge is -2.42. The van der Waals surface area contributed by atoms with Crippen LogP contribution in [0.5, 0.6) is 0 Å². The average Bonchev–Trinajstić information content (AvgIpc) is 3.72. The summed E-state index contributed by atoms with van der Waals surface area (Å²) in [5.74, 6) is 0. The SMILES string of the molecule is CC(C)N1CCC2(CCCN(C)C2)C1.CC(C)N1CCCC2(CCN(C(C)C)C2)C1.CCN1CCCC2(CCN(C(C)C)C2)C1. The van der Waals surface area contributed by atoms with Crippen LogP contribution in [0.1, 0.15) is 120 Å². The summed E-state index contributed by atoms with van der Waals surface area (Å²) in [4.78, 5) is 15.8. The summed E-state index contributed by atoms with van der Waals surface area (Å²) in [7, 11) is 2.28. The number of piperidine rings is 3. The van der Waals surface area contributed by atoms with Gasteiger partial charge < -0.3 is 29.4 Å². The van der Waals surface area contributed by atoms with E-state index in [2.05, 4.69) is 98.8 Å². The molecule has 6 fully saturated rings. The van der Waals surface area contributed by atoms with Gasteiger partial charge in [-0.05, 0) is 182 Å². The lowest BCUT2D eigenvalue weighted by Crippen LogP contribution is -2.47. The van der Waals surface area contributed by atoms with Crippen molar-refractivity contribution in [3.05, 3.63) is 0 Å². The Hall–Kier alpha value is -0.240. The Morgan fingerprint density at radius 1 is 0.422 bits per heavy atom. The predicted octanol–water partition coefficient (Wildman–Crippen LogP) is 6.61. The lowest BCUT2D eigenvalue weighted by molar-refractivity contribution is 0.0678. The monoisotopic (exact) mass is 631 g/mol. The molecule has 0 bridgehead atoms. The molecule has 6 heterocycles. The molecule has 45 heavy (non-hydrogen) atoms. The third-order valence-electron chi connectivity index (χ3n) is 13.1. The Labute approximate surface area is 281 Å². The summed E-state index contributed by atoms with van der Waals surface area (Å²) in [5.41, 5.74) is 1.93. The van der Waals surface area contributed by atoms with Gasteiger partial charge in [0.25, 0.3) is 0 Å². The van der Waals surface area contributed by atoms with E-state index in [-0.39, 0.29) is 0 Å². The highest BCUT2D eigenvalue weighted by Gasteiger charge is 2.43. The third-order valence-corrected chi connectivity index (χ3v) is 13.1. The van der Waals surface area contributed by atoms with Crippen LogP contribution in [0.4, 0.5) is 0 Å². The van der Waals surface area contributed by atoms with Crippen LogP contribution in [-0.2, 0) is 0 Å². The summed E-state index contributed by atoms with van der Waals surface area (Å²) >= 11 is 0. The topological polar surface area (TPSA) is 19.4 Å². The Kier molecular flexibility index (Phi) is 13.7. The van der Waals surface area contributed by atoms with Crippen LogP contribution in [0.3, 0.4) is 0 Å². The van der Waals surface area contributed by atoms with Crippen molar-refractivity contribution in [2.45, 2.75) is 144 Å². The van der Waals surface area contributed by atoms with Gasteiger partial charge in [-0.1, -0.05) is 6.92 Å². The van der Waals surface area contributed by atoms with Gasteiger partial charge in [-0.2, -0.15) is 0 Å². The summed E-state index contributed by atoms with van der Waals surface area (Å²) in [6.07, 6.45) is 12.9. The standard InChI is InChI=1S/C14H28N2.C13H26N2.C12H24N2/c1-12(2)15-8-5-6-14(10-15)7-9-16(11-14)13(3)4;1-4-14-8-5-6-13(10-14)7-9-15(11-13)12(2)3;1-11(2)14-8-6-12(10-14)5-4-7-13(3)9-12/h12-13H,5-11H2,1-4H3;12H,4-11H2,1-3H3;11H,4-10H2,1-3H3. The zero-order chi connectivity index (χ0) is 32.8. The first kappa shape index (κ1) is 37.6. The maximum absolute atomic E-state index is 2.69. The summed E-state index contributed by atoms with van der Waals surface area (Å²) < 4.78 is 0. The van der Waals surface area contributed by atoms with Gasteiger partial charge in [0.15, 0.2) is 0 Å². The molecule has 3 atom stereocenters. The number of rotatable bonds is 5. The molecule has 264 valence electrons. The fourth-order valence-corrected chi connectivity index (χ4v) is 9.95. The normalized spacial score (nSPS) is 34.5. The first-order valence-corrected chi connectivity index (χ1v) is 19.7. The fraction of sp³-hybridized carbons (Fsp3) is 1.00. The largest absolute Gasteiger partial charge is 0.306 e. The molecular formula is C39H78N6. The maximum atomic E-state index is 2.69. The van der Waals surface area contributed by atoms with Gasteiger partial charge in [0.2, 0.25) is 0 Å². The summed E-state index contributed by atoms with van der Waals surface area (Å²) in [6, 6.07) is 2.93. The highest BCUT2D eigenvalue weighted by Crippen LogP contribution is 2.41. The smallest absolute Gasteiger partial charge is 0.00534 e. The number of likely N-dealkylation sites (tertiary alicyclic amines) is 6. The van der Waals surface area contributed by atoms with Crippen LogP contribution < -0.4 is 0 Å². The van der Waals surface area contributed by atoms with Crippen molar-refractivity contribution in [1.82, 2.24) is 29.4 Å². The van der Waals surface area contributed by atoms with Crippen LogP contribution in [0.2, 0.25) is 0 Å². The second-order valence-electron chi connectivity index (χ2n) is 17.9. The van der Waals surface area contributed by atoms with E-state index in [4.69, 9.17) is 0 Å². The molecule has 0 amide bonds. The summed E-state index contributed by atoms with van der Waals surface area (Å²) in [5, 5.41) is 0. The third kappa shape index (κ3) is 10.1. The number of hydrogen-bond donors (Lipinski definition) is 0. The molecule has 6 heteroatoms. The Bertz CT molecular complexity index is 876. The first-order valence-electron chi connectivity index (χ1n) is 19.7. The first-order chi connectivity index (χ1) is 21.3. The van der Waals surface area contributed by atoms with Gasteiger partial charge in [-0.15, -0.1) is 0 Å². The van der Waals surface area contributed by atoms with Crippen molar-refractivity contribution in [3.63, 3.8) is 0 Å². The van der Waals surface area contributed by atoms with Gasteiger partial charge in [0, 0.05) is 63.4 Å². The van der Waals surface area contributed by atoms with E-state index in [1.807, 2.05) is 0 Å². The number of hydrogen-bond acceptors (Lipinski definition) is 6. The van der Waals surface area contributed by atoms with Crippen LogP contribution >= 0.6 is 0 Å². The molecule has 6 aliphatic rings. The minimum absolute atomic E-state index is 0.632. The molecular weight excluding hydrogens is 552 g/mol. The Morgan fingerprint density at radius 3 is 1.16 bits per heavy atom. The van der Waals surface area contributed by atoms with Crippen molar-refractivity contribution in [1.29, 1.82) is 0 Å². The van der Waals surface area contributed by atoms with E-state index in [0.29, 0.717) is 16.2 Å². The van der Waals surface area contributed by atoms with Crippen molar-refractivity contribution in [2.24, 2.45) is 16.2 Å². The molecule has 0 aromatic carbocycles. The molecule has 0 saturated carbocycles. The quantitative estimate of drug-likeness (QED) is 0.338. The van der Waals surface area contributed by atoms with Gasteiger partial charge in [0.1, 0.15) is 0 Å². The Balaban J connectivity index is 0.000000154. The van der Waals surface area contributed by atoms with Crippen LogP contribution in [-0.4, -0.2) is 146 Å². The van der Waals surface area contributed by atoms with E-state index < -0.39 is 0 Å². The molecule has 0 aromatic rings. The second kappa shape index (κ2) is 16.4. The molecule has 6 saturated heterocycles. The maximum Gasteiger partial charge on any atom is 0.00534 e. The van der Waals surface area contributed by atoms with Gasteiger partial charge in [-0.3, -0.25) is 0 Å². The Morgan fingerprint density at radius 2 is 0.778 bits per heavy atom. The predicted molar refractivity (Wildman–Crippen MR) is 195 cm³/mol. The fourth-order valence-electron chi connectivity index (χ4n) is 9.95. The lowest BCUT2D eigenvalue weighted by atomic mass is 9.79. The zero-order valence-electron chi connectivity index (χ0n) is 32.0. The van der Waals surface area contributed by atoms with E-state index in [1.54, 1.807) is 0 Å². The zero-order valence-corrected chi connectivity index (χ0v) is 32.0. The molecule has 6 aliphatic heterocycles. The minimum Gasteiger partial charge on any atom is -0.306 e. The molecule has 0 aromatic heterocycles. The van der Waals surface area contributed by atoms with Gasteiger partial charge >= 0.3 is 0 Å².